The van der Waals surface area contributed by atoms with Gasteiger partial charge in [0.15, 0.2) is 0 Å². The van der Waals surface area contributed by atoms with Crippen molar-refractivity contribution in [3.63, 3.8) is 0 Å². The van der Waals surface area contributed by atoms with E-state index in [4.69, 9.17) is 4.55 Å². The maximum atomic E-state index is 10.1. The number of thiol groups is 1. The van der Waals surface area contributed by atoms with Crippen LogP contribution in [0.5, 0.6) is 0 Å². The molecule has 66 valence electrons. The molecule has 1 aromatic carbocycles. The first-order chi connectivity index (χ1) is 5.70. The average molecular weight is 204 g/mol. The van der Waals surface area contributed by atoms with Crippen LogP contribution in [-0.4, -0.2) is 8.76 Å². The Morgan fingerprint density at radius 2 is 2.17 bits per heavy atom. The normalized spacial score (nSPS) is 12.8. The van der Waals surface area contributed by atoms with Crippen LogP contribution in [0.3, 0.4) is 0 Å². The van der Waals surface area contributed by atoms with Crippen molar-refractivity contribution in [3.05, 3.63) is 29.8 Å². The van der Waals surface area contributed by atoms with E-state index in [-0.39, 0.29) is 6.61 Å². The highest BCUT2D eigenvalue weighted by molar-refractivity contribution is 7.80. The van der Waals surface area contributed by atoms with Gasteiger partial charge in [0.2, 0.25) is 0 Å². The van der Waals surface area contributed by atoms with Crippen LogP contribution in [0.15, 0.2) is 29.2 Å². The van der Waals surface area contributed by atoms with Gasteiger partial charge in [-0.15, -0.1) is 12.6 Å². The fraction of sp³-hybridized carbons (Fsp3) is 0.143. The van der Waals surface area contributed by atoms with Crippen molar-refractivity contribution in [2.75, 3.05) is 0 Å². The summed E-state index contributed by atoms with van der Waals surface area (Å²) in [6.45, 7) is 0.1000. The second-order valence-corrected chi connectivity index (χ2v) is 3.26. The summed E-state index contributed by atoms with van der Waals surface area (Å²) in [7, 11) is 0. The fourth-order valence-corrected chi connectivity index (χ4v) is 1.20. The van der Waals surface area contributed by atoms with Crippen molar-refractivity contribution >= 4 is 24.0 Å². The molecule has 0 bridgehead atoms. The Labute approximate surface area is 78.7 Å². The molecule has 0 saturated carbocycles. The van der Waals surface area contributed by atoms with E-state index in [1.54, 1.807) is 12.1 Å². The number of hydrogen-bond acceptors (Lipinski definition) is 3. The molecule has 0 saturated heterocycles. The molecule has 1 N–H and O–H groups in total. The minimum Gasteiger partial charge on any atom is -0.284 e. The molecule has 0 aliphatic heterocycles. The first-order valence-electron chi connectivity index (χ1n) is 3.21. The zero-order chi connectivity index (χ0) is 8.97. The second-order valence-electron chi connectivity index (χ2n) is 2.11. The Hall–Kier alpha value is -0.360. The van der Waals surface area contributed by atoms with Crippen molar-refractivity contribution in [3.8, 4) is 0 Å². The van der Waals surface area contributed by atoms with E-state index < -0.39 is 11.4 Å². The summed E-state index contributed by atoms with van der Waals surface area (Å²) in [5, 5.41) is 0. The Morgan fingerprint density at radius 1 is 1.50 bits per heavy atom. The van der Waals surface area contributed by atoms with Gasteiger partial charge in [-0.05, 0) is 11.6 Å². The summed E-state index contributed by atoms with van der Waals surface area (Å²) < 4.78 is 23.0. The van der Waals surface area contributed by atoms with Crippen LogP contribution in [0.2, 0.25) is 0 Å². The van der Waals surface area contributed by atoms with Crippen LogP contribution in [0.1, 0.15) is 5.56 Å². The first-order valence-corrected chi connectivity index (χ1v) is 4.69. The van der Waals surface area contributed by atoms with Crippen molar-refractivity contribution in [1.82, 2.24) is 0 Å². The van der Waals surface area contributed by atoms with Gasteiger partial charge < -0.3 is 0 Å². The van der Waals surface area contributed by atoms with E-state index in [0.29, 0.717) is 0 Å². The molecule has 1 atom stereocenters. The van der Waals surface area contributed by atoms with Crippen molar-refractivity contribution < 1.29 is 12.9 Å². The van der Waals surface area contributed by atoms with Crippen LogP contribution < -0.4 is 0 Å². The predicted octanol–water partition coefficient (Wildman–Crippen LogP) is 1.63. The van der Waals surface area contributed by atoms with E-state index in [2.05, 4.69) is 16.8 Å². The molecular formula is C7H8O3S2. The molecule has 0 aromatic heterocycles. The largest absolute Gasteiger partial charge is 0.302 e. The molecule has 0 fully saturated rings. The average Bonchev–Trinajstić information content (AvgIpc) is 2.03. The predicted molar refractivity (Wildman–Crippen MR) is 49.3 cm³/mol. The molecule has 0 heterocycles. The monoisotopic (exact) mass is 204 g/mol. The quantitative estimate of drug-likeness (QED) is 0.581. The van der Waals surface area contributed by atoms with Crippen LogP contribution in [0.25, 0.3) is 0 Å². The molecule has 1 unspecified atom stereocenters. The molecule has 12 heavy (non-hydrogen) atoms. The molecule has 0 amide bonds. The van der Waals surface area contributed by atoms with Crippen LogP contribution in [0, 0.1) is 0 Å². The summed E-state index contributed by atoms with van der Waals surface area (Å²) in [6, 6.07) is 7.23. The van der Waals surface area contributed by atoms with Gasteiger partial charge in [0.25, 0.3) is 0 Å². The van der Waals surface area contributed by atoms with Crippen LogP contribution >= 0.6 is 12.6 Å². The van der Waals surface area contributed by atoms with Gasteiger partial charge in [-0.3, -0.25) is 8.74 Å². The fourth-order valence-electron chi connectivity index (χ4n) is 0.747. The van der Waals surface area contributed by atoms with Crippen molar-refractivity contribution in [2.24, 2.45) is 0 Å². The minimum absolute atomic E-state index is 0.1000. The summed E-state index contributed by atoms with van der Waals surface area (Å²) in [5.41, 5.74) is 0.795. The van der Waals surface area contributed by atoms with E-state index in [1.807, 2.05) is 12.1 Å². The first kappa shape index (κ1) is 9.73. The molecule has 1 rings (SSSR count). The topological polar surface area (TPSA) is 46.5 Å². The summed E-state index contributed by atoms with van der Waals surface area (Å²) in [6.07, 6.45) is 0. The molecule has 5 heteroatoms. The maximum Gasteiger partial charge on any atom is 0.302 e. The van der Waals surface area contributed by atoms with Gasteiger partial charge in [0.1, 0.15) is 0 Å². The lowest BCUT2D eigenvalue weighted by Gasteiger charge is -2.01. The zero-order valence-electron chi connectivity index (χ0n) is 6.14. The molecule has 0 aliphatic carbocycles. The molecule has 0 aliphatic rings. The lowest BCUT2D eigenvalue weighted by atomic mass is 10.2. The van der Waals surface area contributed by atoms with Gasteiger partial charge in [-0.1, -0.05) is 18.2 Å². The highest BCUT2D eigenvalue weighted by atomic mass is 32.2. The van der Waals surface area contributed by atoms with E-state index in [1.165, 1.54) is 0 Å². The van der Waals surface area contributed by atoms with E-state index in [0.717, 1.165) is 10.5 Å². The zero-order valence-corrected chi connectivity index (χ0v) is 7.85. The Balaban J connectivity index is 2.63. The molecule has 1 aromatic rings. The molecule has 0 spiro atoms. The lowest BCUT2D eigenvalue weighted by molar-refractivity contribution is 0.295. The van der Waals surface area contributed by atoms with Gasteiger partial charge in [0, 0.05) is 4.90 Å². The summed E-state index contributed by atoms with van der Waals surface area (Å²) in [5.74, 6) is 0. The third-order valence-electron chi connectivity index (χ3n) is 1.31. The summed E-state index contributed by atoms with van der Waals surface area (Å²) >= 11 is 1.93. The smallest absolute Gasteiger partial charge is 0.284 e. The molecular weight excluding hydrogens is 196 g/mol. The van der Waals surface area contributed by atoms with Gasteiger partial charge in [-0.2, -0.15) is 4.21 Å². The SMILES string of the molecule is O=S(O)OCc1ccccc1S. The van der Waals surface area contributed by atoms with Gasteiger partial charge in [-0.25, -0.2) is 0 Å². The third kappa shape index (κ3) is 2.94. The van der Waals surface area contributed by atoms with Crippen molar-refractivity contribution in [1.29, 1.82) is 0 Å². The van der Waals surface area contributed by atoms with Crippen molar-refractivity contribution in [2.45, 2.75) is 11.5 Å². The second kappa shape index (κ2) is 4.61. The highest BCUT2D eigenvalue weighted by Crippen LogP contribution is 2.13. The van der Waals surface area contributed by atoms with Crippen LogP contribution in [-0.2, 0) is 22.2 Å². The highest BCUT2D eigenvalue weighted by Gasteiger charge is 1.99. The number of rotatable bonds is 3. The number of benzene rings is 1. The Bertz CT molecular complexity index is 288. The Kier molecular flexibility index (Phi) is 3.74. The maximum absolute atomic E-state index is 10.1. The van der Waals surface area contributed by atoms with E-state index in [9.17, 15) is 4.21 Å². The molecule has 3 nitrogen and oxygen atoms in total. The minimum atomic E-state index is -2.21. The molecule has 0 radical (unpaired) electrons. The Morgan fingerprint density at radius 3 is 2.75 bits per heavy atom. The summed E-state index contributed by atoms with van der Waals surface area (Å²) in [4.78, 5) is 0.753. The van der Waals surface area contributed by atoms with Crippen LogP contribution in [0.4, 0.5) is 0 Å². The van der Waals surface area contributed by atoms with E-state index >= 15 is 0 Å². The third-order valence-corrected chi connectivity index (χ3v) is 2.06. The number of hydrogen-bond donors (Lipinski definition) is 2. The van der Waals surface area contributed by atoms with Gasteiger partial charge in [0.05, 0.1) is 6.61 Å². The standard InChI is InChI=1S/C7H8O3S2/c8-12(9)10-5-6-3-1-2-4-7(6)11/h1-4,11H,5H2,(H,8,9). The van der Waals surface area contributed by atoms with Gasteiger partial charge >= 0.3 is 11.4 Å². The lowest BCUT2D eigenvalue weighted by Crippen LogP contribution is -1.96.